The van der Waals surface area contributed by atoms with Crippen LogP contribution in [0.15, 0.2) is 39.6 Å². The van der Waals surface area contributed by atoms with Gasteiger partial charge in [0.25, 0.3) is 0 Å². The van der Waals surface area contributed by atoms with E-state index in [0.29, 0.717) is 21.7 Å². The van der Waals surface area contributed by atoms with Gasteiger partial charge in [0.1, 0.15) is 0 Å². The van der Waals surface area contributed by atoms with Crippen molar-refractivity contribution in [1.29, 1.82) is 0 Å². The zero-order valence-corrected chi connectivity index (χ0v) is 15.5. The third kappa shape index (κ3) is 3.47. The van der Waals surface area contributed by atoms with Crippen LogP contribution in [0.1, 0.15) is 17.7 Å². The number of thiophene rings is 1. The van der Waals surface area contributed by atoms with Crippen LogP contribution in [0.4, 0.5) is 0 Å². The number of carbonyl (C=O) groups is 1. The Bertz CT molecular complexity index is 948. The summed E-state index contributed by atoms with van der Waals surface area (Å²) >= 11 is 9.23. The third-order valence-electron chi connectivity index (χ3n) is 3.97. The van der Waals surface area contributed by atoms with E-state index in [0.717, 1.165) is 29.0 Å². The second-order valence-corrected chi connectivity index (χ2v) is 8.60. The normalized spacial score (nSPS) is 13.6. The van der Waals surface area contributed by atoms with Crippen LogP contribution in [0.2, 0.25) is 4.34 Å². The molecule has 1 aliphatic rings. The molecule has 4 nitrogen and oxygen atoms in total. The summed E-state index contributed by atoms with van der Waals surface area (Å²) in [6.07, 6.45) is 2.03. The van der Waals surface area contributed by atoms with Crippen molar-refractivity contribution in [2.24, 2.45) is 0 Å². The lowest BCUT2D eigenvalue weighted by atomic mass is 10.1. The maximum atomic E-state index is 11.2. The summed E-state index contributed by atoms with van der Waals surface area (Å²) < 4.78 is 6.59. The van der Waals surface area contributed by atoms with Crippen LogP contribution >= 0.6 is 34.7 Å². The summed E-state index contributed by atoms with van der Waals surface area (Å²) in [6.45, 7) is 0. The van der Waals surface area contributed by atoms with Gasteiger partial charge in [-0.05, 0) is 54.5 Å². The number of benzene rings is 1. The number of thioether (sulfide) groups is 1. The van der Waals surface area contributed by atoms with Crippen molar-refractivity contribution in [2.45, 2.75) is 24.2 Å². The first-order valence-corrected chi connectivity index (χ1v) is 10.0. The molecule has 25 heavy (non-hydrogen) atoms. The van der Waals surface area contributed by atoms with Gasteiger partial charge < -0.3 is 9.52 Å². The van der Waals surface area contributed by atoms with Gasteiger partial charge in [-0.25, -0.2) is 4.98 Å². The van der Waals surface area contributed by atoms with E-state index >= 15 is 0 Å². The first-order chi connectivity index (χ1) is 12.1. The molecule has 7 heteroatoms. The maximum Gasteiger partial charge on any atom is 0.309 e. The van der Waals surface area contributed by atoms with Gasteiger partial charge in [0, 0.05) is 10.5 Å². The second-order valence-electron chi connectivity index (χ2n) is 5.74. The van der Waals surface area contributed by atoms with E-state index in [-0.39, 0.29) is 6.42 Å². The second kappa shape index (κ2) is 6.86. The SMILES string of the molecule is O=C(O)Cc1nc(-c2ccc3c(c2)CCCS3)oc1-c1ccc(Cl)s1. The minimum atomic E-state index is -0.939. The molecule has 0 spiro atoms. The number of hydrogen-bond donors (Lipinski definition) is 1. The highest BCUT2D eigenvalue weighted by molar-refractivity contribution is 7.99. The molecule has 1 N–H and O–H groups in total. The number of fused-ring (bicyclic) bond motifs is 1. The monoisotopic (exact) mass is 391 g/mol. The Labute approximate surface area is 157 Å². The Morgan fingerprint density at radius 2 is 2.20 bits per heavy atom. The van der Waals surface area contributed by atoms with Crippen molar-refractivity contribution < 1.29 is 14.3 Å². The van der Waals surface area contributed by atoms with Crippen LogP contribution in [-0.4, -0.2) is 21.8 Å². The molecule has 0 aliphatic carbocycles. The average molecular weight is 392 g/mol. The molecule has 3 aromatic rings. The molecule has 2 aromatic heterocycles. The van der Waals surface area contributed by atoms with Gasteiger partial charge in [-0.15, -0.1) is 23.1 Å². The highest BCUT2D eigenvalue weighted by Gasteiger charge is 2.21. The number of aromatic nitrogens is 1. The van der Waals surface area contributed by atoms with E-state index in [1.54, 1.807) is 6.07 Å². The topological polar surface area (TPSA) is 63.3 Å². The van der Waals surface area contributed by atoms with Crippen LogP contribution < -0.4 is 0 Å². The van der Waals surface area contributed by atoms with E-state index in [1.807, 2.05) is 23.9 Å². The Balaban J connectivity index is 1.77. The Hall–Kier alpha value is -1.76. The van der Waals surface area contributed by atoms with Crippen molar-refractivity contribution in [1.82, 2.24) is 4.98 Å². The molecule has 0 saturated heterocycles. The predicted octanol–water partition coefficient (Wildman–Crippen LogP) is 5.39. The quantitative estimate of drug-likeness (QED) is 0.646. The van der Waals surface area contributed by atoms with E-state index < -0.39 is 5.97 Å². The molecule has 4 rings (SSSR count). The van der Waals surface area contributed by atoms with Gasteiger partial charge in [0.05, 0.1) is 21.3 Å². The molecule has 0 bridgehead atoms. The highest BCUT2D eigenvalue weighted by Crippen LogP contribution is 2.38. The molecule has 1 aromatic carbocycles. The Kier molecular flexibility index (Phi) is 4.58. The van der Waals surface area contributed by atoms with Crippen molar-refractivity contribution in [3.8, 4) is 22.1 Å². The van der Waals surface area contributed by atoms with Crippen LogP contribution in [0.5, 0.6) is 0 Å². The minimum absolute atomic E-state index is 0.185. The summed E-state index contributed by atoms with van der Waals surface area (Å²) in [7, 11) is 0. The first kappa shape index (κ1) is 16.7. The van der Waals surface area contributed by atoms with Crippen LogP contribution in [-0.2, 0) is 17.6 Å². The number of carboxylic acids is 1. The molecule has 3 heterocycles. The number of aliphatic carboxylic acids is 1. The molecule has 0 saturated carbocycles. The largest absolute Gasteiger partial charge is 0.481 e. The lowest BCUT2D eigenvalue weighted by Gasteiger charge is -2.15. The van der Waals surface area contributed by atoms with Crippen LogP contribution in [0.3, 0.4) is 0 Å². The smallest absolute Gasteiger partial charge is 0.309 e. The number of nitrogens with zero attached hydrogens (tertiary/aromatic N) is 1. The summed E-state index contributed by atoms with van der Waals surface area (Å²) in [5.74, 6) is 1.15. The van der Waals surface area contributed by atoms with E-state index in [2.05, 4.69) is 17.1 Å². The fourth-order valence-corrected chi connectivity index (χ4v) is 4.93. The number of aryl methyl sites for hydroxylation is 1. The Morgan fingerprint density at radius 1 is 1.32 bits per heavy atom. The van der Waals surface area contributed by atoms with Crippen molar-refractivity contribution in [3.63, 3.8) is 0 Å². The molecule has 0 fully saturated rings. The van der Waals surface area contributed by atoms with Gasteiger partial charge >= 0.3 is 5.97 Å². The summed E-state index contributed by atoms with van der Waals surface area (Å²) in [4.78, 5) is 17.7. The highest BCUT2D eigenvalue weighted by atomic mass is 35.5. The zero-order valence-electron chi connectivity index (χ0n) is 13.1. The fraction of sp³-hybridized carbons (Fsp3) is 0.222. The number of rotatable bonds is 4. The number of carboxylic acid groups (broad SMARTS) is 1. The summed E-state index contributed by atoms with van der Waals surface area (Å²) in [5, 5.41) is 9.17. The van der Waals surface area contributed by atoms with E-state index in [1.165, 1.54) is 21.8 Å². The molecule has 0 radical (unpaired) electrons. The van der Waals surface area contributed by atoms with Crippen molar-refractivity contribution in [3.05, 3.63) is 45.9 Å². The number of hydrogen-bond acceptors (Lipinski definition) is 5. The fourth-order valence-electron chi connectivity index (χ4n) is 2.86. The molecule has 0 amide bonds. The molecular weight excluding hydrogens is 378 g/mol. The third-order valence-corrected chi connectivity index (χ3v) is 6.40. The van der Waals surface area contributed by atoms with Gasteiger partial charge in [-0.2, -0.15) is 0 Å². The number of oxazole rings is 1. The zero-order chi connectivity index (χ0) is 17.4. The van der Waals surface area contributed by atoms with Gasteiger partial charge in [0.15, 0.2) is 5.76 Å². The standard InChI is InChI=1S/C18H14ClNO3S2/c19-15-6-5-14(25-15)17-12(9-16(21)22)20-18(23-17)11-3-4-13-10(8-11)2-1-7-24-13/h3-6,8H,1-2,7,9H2,(H,21,22). The minimum Gasteiger partial charge on any atom is -0.481 e. The molecule has 0 atom stereocenters. The summed E-state index contributed by atoms with van der Waals surface area (Å²) in [6, 6.07) is 9.77. The van der Waals surface area contributed by atoms with Crippen molar-refractivity contribution >= 4 is 40.7 Å². The van der Waals surface area contributed by atoms with Gasteiger partial charge in [-0.1, -0.05) is 11.6 Å². The maximum absolute atomic E-state index is 11.2. The molecule has 1 aliphatic heterocycles. The molecule has 128 valence electrons. The van der Waals surface area contributed by atoms with Crippen molar-refractivity contribution in [2.75, 3.05) is 5.75 Å². The van der Waals surface area contributed by atoms with Gasteiger partial charge in [-0.3, -0.25) is 4.79 Å². The van der Waals surface area contributed by atoms with Crippen LogP contribution in [0.25, 0.3) is 22.1 Å². The number of halogens is 1. The average Bonchev–Trinajstić information content (AvgIpc) is 3.20. The van der Waals surface area contributed by atoms with E-state index in [4.69, 9.17) is 16.0 Å². The predicted molar refractivity (Wildman–Crippen MR) is 101 cm³/mol. The van der Waals surface area contributed by atoms with E-state index in [9.17, 15) is 9.90 Å². The first-order valence-electron chi connectivity index (χ1n) is 7.83. The van der Waals surface area contributed by atoms with Crippen LogP contribution in [0, 0.1) is 0 Å². The molecule has 0 unspecified atom stereocenters. The van der Waals surface area contributed by atoms with Gasteiger partial charge in [0.2, 0.25) is 5.89 Å². The molecular formula is C18H14ClNO3S2. The Morgan fingerprint density at radius 3 is 2.96 bits per heavy atom. The lowest BCUT2D eigenvalue weighted by molar-refractivity contribution is -0.136. The summed E-state index contributed by atoms with van der Waals surface area (Å²) in [5.41, 5.74) is 2.60. The lowest BCUT2D eigenvalue weighted by Crippen LogP contribution is -2.01.